The minimum Gasteiger partial charge on any atom is -0.481 e. The highest BCUT2D eigenvalue weighted by Gasteiger charge is 2.15. The summed E-state index contributed by atoms with van der Waals surface area (Å²) in [6.45, 7) is 1.97. The van der Waals surface area contributed by atoms with Crippen LogP contribution in [0.1, 0.15) is 31.1 Å². The molecule has 1 rings (SSSR count). The zero-order valence-electron chi connectivity index (χ0n) is 9.81. The summed E-state index contributed by atoms with van der Waals surface area (Å²) in [7, 11) is 0. The summed E-state index contributed by atoms with van der Waals surface area (Å²) >= 11 is 1.53. The standard InChI is InChI=1S/C12H17NO3S/c1-2-4-9(7-12(15)16)13-11(14)8-10-5-3-6-17-10/h3,5-6,9H,2,4,7-8H2,1H3,(H,13,14)(H,15,16). The van der Waals surface area contributed by atoms with Crippen molar-refractivity contribution < 1.29 is 14.7 Å². The number of carboxylic acid groups (broad SMARTS) is 1. The Morgan fingerprint density at radius 1 is 1.53 bits per heavy atom. The van der Waals surface area contributed by atoms with Crippen molar-refractivity contribution in [1.29, 1.82) is 0 Å². The monoisotopic (exact) mass is 255 g/mol. The second-order valence-corrected chi connectivity index (χ2v) is 4.94. The lowest BCUT2D eigenvalue weighted by molar-refractivity contribution is -0.137. The van der Waals surface area contributed by atoms with Gasteiger partial charge < -0.3 is 10.4 Å². The molecule has 1 atom stereocenters. The van der Waals surface area contributed by atoms with E-state index in [9.17, 15) is 9.59 Å². The fraction of sp³-hybridized carbons (Fsp3) is 0.500. The molecule has 17 heavy (non-hydrogen) atoms. The van der Waals surface area contributed by atoms with Crippen LogP contribution in [-0.4, -0.2) is 23.0 Å². The maximum atomic E-state index is 11.7. The maximum Gasteiger partial charge on any atom is 0.305 e. The third-order valence-corrected chi connectivity index (χ3v) is 3.21. The van der Waals surface area contributed by atoms with E-state index >= 15 is 0 Å². The van der Waals surface area contributed by atoms with E-state index in [-0.39, 0.29) is 18.4 Å². The van der Waals surface area contributed by atoms with Gasteiger partial charge in [-0.1, -0.05) is 19.4 Å². The van der Waals surface area contributed by atoms with Gasteiger partial charge in [-0.25, -0.2) is 0 Å². The smallest absolute Gasteiger partial charge is 0.305 e. The summed E-state index contributed by atoms with van der Waals surface area (Å²) in [5, 5.41) is 13.4. The maximum absolute atomic E-state index is 11.7. The number of thiophene rings is 1. The molecule has 1 unspecified atom stereocenters. The lowest BCUT2D eigenvalue weighted by atomic mass is 10.1. The van der Waals surface area contributed by atoms with Crippen molar-refractivity contribution in [1.82, 2.24) is 5.32 Å². The van der Waals surface area contributed by atoms with Crippen molar-refractivity contribution in [2.24, 2.45) is 0 Å². The van der Waals surface area contributed by atoms with E-state index in [0.29, 0.717) is 12.8 Å². The Bertz CT molecular complexity index is 362. The van der Waals surface area contributed by atoms with E-state index in [0.717, 1.165) is 11.3 Å². The third-order valence-electron chi connectivity index (χ3n) is 2.34. The van der Waals surface area contributed by atoms with Crippen molar-refractivity contribution in [3.05, 3.63) is 22.4 Å². The molecule has 0 bridgehead atoms. The van der Waals surface area contributed by atoms with Crippen LogP contribution < -0.4 is 5.32 Å². The molecule has 5 heteroatoms. The molecule has 0 aliphatic carbocycles. The minimum atomic E-state index is -0.875. The Labute approximate surface area is 105 Å². The van der Waals surface area contributed by atoms with Crippen molar-refractivity contribution in [2.75, 3.05) is 0 Å². The predicted octanol–water partition coefficient (Wildman–Crippen LogP) is 2.05. The topological polar surface area (TPSA) is 66.4 Å². The molecular weight excluding hydrogens is 238 g/mol. The highest BCUT2D eigenvalue weighted by Crippen LogP contribution is 2.09. The van der Waals surface area contributed by atoms with Gasteiger partial charge in [0.1, 0.15) is 0 Å². The Balaban J connectivity index is 2.43. The van der Waals surface area contributed by atoms with Gasteiger partial charge in [0.15, 0.2) is 0 Å². The van der Waals surface area contributed by atoms with Gasteiger partial charge in [-0.05, 0) is 17.9 Å². The number of carbonyl (C=O) groups excluding carboxylic acids is 1. The van der Waals surface area contributed by atoms with Gasteiger partial charge in [0, 0.05) is 10.9 Å². The predicted molar refractivity (Wildman–Crippen MR) is 67.1 cm³/mol. The van der Waals surface area contributed by atoms with Crippen LogP contribution in [0.25, 0.3) is 0 Å². The number of rotatable bonds is 7. The normalized spacial score (nSPS) is 12.1. The van der Waals surface area contributed by atoms with Gasteiger partial charge >= 0.3 is 5.97 Å². The zero-order chi connectivity index (χ0) is 12.7. The van der Waals surface area contributed by atoms with Crippen LogP contribution in [0.4, 0.5) is 0 Å². The van der Waals surface area contributed by atoms with Crippen LogP contribution in [0.15, 0.2) is 17.5 Å². The van der Waals surface area contributed by atoms with Crippen molar-refractivity contribution in [2.45, 2.75) is 38.6 Å². The van der Waals surface area contributed by atoms with Crippen LogP contribution in [0.3, 0.4) is 0 Å². The second-order valence-electron chi connectivity index (χ2n) is 3.91. The largest absolute Gasteiger partial charge is 0.481 e. The molecule has 0 aromatic carbocycles. The Hall–Kier alpha value is -1.36. The molecule has 0 fully saturated rings. The molecule has 0 saturated heterocycles. The summed E-state index contributed by atoms with van der Waals surface area (Å²) in [6.07, 6.45) is 1.88. The highest BCUT2D eigenvalue weighted by molar-refractivity contribution is 7.10. The number of amides is 1. The first-order valence-corrected chi connectivity index (χ1v) is 6.53. The third kappa shape index (κ3) is 5.49. The molecule has 0 radical (unpaired) electrons. The van der Waals surface area contributed by atoms with E-state index in [1.54, 1.807) is 0 Å². The summed E-state index contributed by atoms with van der Waals surface area (Å²) in [5.41, 5.74) is 0. The number of carboxylic acids is 1. The molecule has 94 valence electrons. The number of aliphatic carboxylic acids is 1. The summed E-state index contributed by atoms with van der Waals surface area (Å²) in [4.78, 5) is 23.3. The first-order valence-electron chi connectivity index (χ1n) is 5.65. The van der Waals surface area contributed by atoms with Gasteiger partial charge in [0.25, 0.3) is 0 Å². The van der Waals surface area contributed by atoms with E-state index in [2.05, 4.69) is 5.32 Å². The molecule has 1 aromatic heterocycles. The Morgan fingerprint density at radius 3 is 2.82 bits per heavy atom. The molecule has 0 saturated carbocycles. The lowest BCUT2D eigenvalue weighted by Gasteiger charge is -2.15. The molecule has 2 N–H and O–H groups in total. The van der Waals surface area contributed by atoms with Gasteiger partial charge in [-0.15, -0.1) is 11.3 Å². The average molecular weight is 255 g/mol. The van der Waals surface area contributed by atoms with Crippen LogP contribution in [0, 0.1) is 0 Å². The minimum absolute atomic E-state index is 0.00990. The quantitative estimate of drug-likeness (QED) is 0.783. The number of hydrogen-bond acceptors (Lipinski definition) is 3. The van der Waals surface area contributed by atoms with E-state index in [1.807, 2.05) is 24.4 Å². The first kappa shape index (κ1) is 13.7. The summed E-state index contributed by atoms with van der Waals surface area (Å²) in [5.74, 6) is -0.980. The SMILES string of the molecule is CCCC(CC(=O)O)NC(=O)Cc1cccs1. The van der Waals surface area contributed by atoms with Crippen molar-refractivity contribution >= 4 is 23.2 Å². The molecule has 1 aromatic rings. The van der Waals surface area contributed by atoms with E-state index in [4.69, 9.17) is 5.11 Å². The van der Waals surface area contributed by atoms with Gasteiger partial charge in [-0.2, -0.15) is 0 Å². The van der Waals surface area contributed by atoms with Gasteiger partial charge in [0.05, 0.1) is 12.8 Å². The highest BCUT2D eigenvalue weighted by atomic mass is 32.1. The molecule has 0 aliphatic heterocycles. The molecule has 0 spiro atoms. The first-order chi connectivity index (χ1) is 8.11. The lowest BCUT2D eigenvalue weighted by Crippen LogP contribution is -2.37. The second kappa shape index (κ2) is 7.06. The van der Waals surface area contributed by atoms with E-state index in [1.165, 1.54) is 11.3 Å². The van der Waals surface area contributed by atoms with Crippen molar-refractivity contribution in [3.63, 3.8) is 0 Å². The molecular formula is C12H17NO3S. The fourth-order valence-electron chi connectivity index (χ4n) is 1.63. The van der Waals surface area contributed by atoms with Crippen LogP contribution in [0.5, 0.6) is 0 Å². The molecule has 4 nitrogen and oxygen atoms in total. The number of carbonyl (C=O) groups is 2. The van der Waals surface area contributed by atoms with Crippen LogP contribution in [0.2, 0.25) is 0 Å². The Morgan fingerprint density at radius 2 is 2.29 bits per heavy atom. The average Bonchev–Trinajstić information content (AvgIpc) is 2.69. The number of hydrogen-bond donors (Lipinski definition) is 2. The van der Waals surface area contributed by atoms with Gasteiger partial charge in [0.2, 0.25) is 5.91 Å². The fourth-order valence-corrected chi connectivity index (χ4v) is 2.34. The van der Waals surface area contributed by atoms with Crippen LogP contribution in [-0.2, 0) is 16.0 Å². The molecule has 0 aliphatic rings. The summed E-state index contributed by atoms with van der Waals surface area (Å²) < 4.78 is 0. The van der Waals surface area contributed by atoms with Gasteiger partial charge in [-0.3, -0.25) is 9.59 Å². The Kier molecular flexibility index (Phi) is 5.69. The van der Waals surface area contributed by atoms with Crippen LogP contribution >= 0.6 is 11.3 Å². The van der Waals surface area contributed by atoms with Crippen molar-refractivity contribution in [3.8, 4) is 0 Å². The number of nitrogens with one attached hydrogen (secondary N) is 1. The summed E-state index contributed by atoms with van der Waals surface area (Å²) in [6, 6.07) is 3.54. The molecule has 1 amide bonds. The molecule has 1 heterocycles. The zero-order valence-corrected chi connectivity index (χ0v) is 10.6. The van der Waals surface area contributed by atoms with E-state index < -0.39 is 5.97 Å².